The number of alkyl halides is 3. The SMILES string of the molecule is CC(C)C(Nc1cc(C(F)(F)F)ccc1F)C(=O)O. The van der Waals surface area contributed by atoms with Crippen molar-refractivity contribution in [1.82, 2.24) is 0 Å². The summed E-state index contributed by atoms with van der Waals surface area (Å²) in [6.45, 7) is 3.13. The molecule has 1 unspecified atom stereocenters. The molecule has 0 saturated carbocycles. The molecule has 0 saturated heterocycles. The van der Waals surface area contributed by atoms with E-state index in [0.717, 1.165) is 0 Å². The molecule has 19 heavy (non-hydrogen) atoms. The van der Waals surface area contributed by atoms with Gasteiger partial charge in [-0.2, -0.15) is 13.2 Å². The summed E-state index contributed by atoms with van der Waals surface area (Å²) in [6, 6.07) is 0.655. The van der Waals surface area contributed by atoms with Crippen LogP contribution >= 0.6 is 0 Å². The first-order valence-electron chi connectivity index (χ1n) is 5.49. The van der Waals surface area contributed by atoms with Gasteiger partial charge in [0, 0.05) is 0 Å². The molecule has 106 valence electrons. The minimum atomic E-state index is -4.61. The van der Waals surface area contributed by atoms with Crippen molar-refractivity contribution in [1.29, 1.82) is 0 Å². The topological polar surface area (TPSA) is 49.3 Å². The van der Waals surface area contributed by atoms with E-state index in [4.69, 9.17) is 5.11 Å². The maximum absolute atomic E-state index is 13.4. The number of anilines is 1. The molecule has 0 fully saturated rings. The molecule has 0 radical (unpaired) electrons. The molecule has 0 aliphatic heterocycles. The second kappa shape index (κ2) is 5.46. The van der Waals surface area contributed by atoms with Crippen LogP contribution in [0.1, 0.15) is 19.4 Å². The number of carboxylic acids is 1. The third-order valence-electron chi connectivity index (χ3n) is 2.54. The standard InChI is InChI=1S/C12H13F4NO2/c1-6(2)10(11(18)19)17-9-5-7(12(14,15)16)3-4-8(9)13/h3-6,10,17H,1-2H3,(H,18,19). The Balaban J connectivity index is 3.09. The van der Waals surface area contributed by atoms with Crippen molar-refractivity contribution in [3.63, 3.8) is 0 Å². The number of nitrogens with one attached hydrogen (secondary N) is 1. The van der Waals surface area contributed by atoms with Gasteiger partial charge in [-0.3, -0.25) is 0 Å². The molecule has 1 aromatic carbocycles. The molecule has 1 atom stereocenters. The number of aliphatic carboxylic acids is 1. The predicted molar refractivity (Wildman–Crippen MR) is 61.3 cm³/mol. The van der Waals surface area contributed by atoms with E-state index in [-0.39, 0.29) is 0 Å². The number of carboxylic acid groups (broad SMARTS) is 1. The van der Waals surface area contributed by atoms with Crippen molar-refractivity contribution in [2.45, 2.75) is 26.1 Å². The van der Waals surface area contributed by atoms with Gasteiger partial charge in [0.1, 0.15) is 11.9 Å². The van der Waals surface area contributed by atoms with E-state index in [0.29, 0.717) is 18.2 Å². The van der Waals surface area contributed by atoms with Crippen LogP contribution < -0.4 is 5.32 Å². The lowest BCUT2D eigenvalue weighted by molar-refractivity contribution is -0.139. The molecule has 1 aromatic rings. The largest absolute Gasteiger partial charge is 0.480 e. The Morgan fingerprint density at radius 3 is 2.32 bits per heavy atom. The average Bonchev–Trinajstić information content (AvgIpc) is 2.25. The smallest absolute Gasteiger partial charge is 0.416 e. The van der Waals surface area contributed by atoms with Crippen LogP contribution in [0.4, 0.5) is 23.2 Å². The monoisotopic (exact) mass is 279 g/mol. The Morgan fingerprint density at radius 2 is 1.89 bits per heavy atom. The Labute approximate surface area is 107 Å². The van der Waals surface area contributed by atoms with Crippen molar-refractivity contribution in [3.05, 3.63) is 29.6 Å². The van der Waals surface area contributed by atoms with Crippen LogP contribution in [0.15, 0.2) is 18.2 Å². The van der Waals surface area contributed by atoms with Crippen molar-refractivity contribution >= 4 is 11.7 Å². The number of hydrogen-bond donors (Lipinski definition) is 2. The molecule has 7 heteroatoms. The van der Waals surface area contributed by atoms with Crippen LogP contribution in [0.5, 0.6) is 0 Å². The van der Waals surface area contributed by atoms with E-state index in [1.807, 2.05) is 0 Å². The van der Waals surface area contributed by atoms with Crippen molar-refractivity contribution < 1.29 is 27.5 Å². The fraction of sp³-hybridized carbons (Fsp3) is 0.417. The molecule has 0 aliphatic rings. The van der Waals surface area contributed by atoms with Gasteiger partial charge < -0.3 is 10.4 Å². The first-order valence-corrected chi connectivity index (χ1v) is 5.49. The summed E-state index contributed by atoms with van der Waals surface area (Å²) in [5, 5.41) is 11.2. The Bertz CT molecular complexity index is 471. The lowest BCUT2D eigenvalue weighted by Crippen LogP contribution is -2.34. The molecular weight excluding hydrogens is 266 g/mol. The maximum atomic E-state index is 13.4. The van der Waals surface area contributed by atoms with Crippen LogP contribution in [0.25, 0.3) is 0 Å². The van der Waals surface area contributed by atoms with E-state index < -0.39 is 41.2 Å². The number of carbonyl (C=O) groups is 1. The van der Waals surface area contributed by atoms with Crippen molar-refractivity contribution in [2.75, 3.05) is 5.32 Å². The second-order valence-corrected chi connectivity index (χ2v) is 4.40. The van der Waals surface area contributed by atoms with Crippen LogP contribution in [-0.2, 0) is 11.0 Å². The van der Waals surface area contributed by atoms with Crippen molar-refractivity contribution in [3.8, 4) is 0 Å². The fourth-order valence-corrected chi connectivity index (χ4v) is 1.49. The van der Waals surface area contributed by atoms with Crippen LogP contribution in [0.2, 0.25) is 0 Å². The lowest BCUT2D eigenvalue weighted by atomic mass is 10.0. The van der Waals surface area contributed by atoms with Gasteiger partial charge in [-0.1, -0.05) is 13.8 Å². The first-order chi connectivity index (χ1) is 8.62. The van der Waals surface area contributed by atoms with E-state index in [1.165, 1.54) is 0 Å². The minimum Gasteiger partial charge on any atom is -0.480 e. The first kappa shape index (κ1) is 15.3. The highest BCUT2D eigenvalue weighted by molar-refractivity contribution is 5.77. The molecule has 3 nitrogen and oxygen atoms in total. The van der Waals surface area contributed by atoms with Gasteiger partial charge in [-0.25, -0.2) is 9.18 Å². The molecule has 1 rings (SSSR count). The molecule has 0 bridgehead atoms. The number of halogens is 4. The second-order valence-electron chi connectivity index (χ2n) is 4.40. The minimum absolute atomic E-state index is 0.411. The van der Waals surface area contributed by atoms with E-state index in [9.17, 15) is 22.4 Å². The summed E-state index contributed by atoms with van der Waals surface area (Å²) in [6.07, 6.45) is -4.61. The highest BCUT2D eigenvalue weighted by atomic mass is 19.4. The summed E-state index contributed by atoms with van der Waals surface area (Å²) in [4.78, 5) is 10.9. The van der Waals surface area contributed by atoms with Gasteiger partial charge >= 0.3 is 12.1 Å². The summed E-state index contributed by atoms with van der Waals surface area (Å²) in [5.74, 6) is -2.60. The fourth-order valence-electron chi connectivity index (χ4n) is 1.49. The molecule has 0 aromatic heterocycles. The molecule has 0 heterocycles. The number of rotatable bonds is 4. The van der Waals surface area contributed by atoms with E-state index >= 15 is 0 Å². The van der Waals surface area contributed by atoms with Gasteiger partial charge in [0.2, 0.25) is 0 Å². The third kappa shape index (κ3) is 3.84. The van der Waals surface area contributed by atoms with Gasteiger partial charge in [0.05, 0.1) is 11.3 Å². The van der Waals surface area contributed by atoms with Crippen LogP contribution in [0.3, 0.4) is 0 Å². The zero-order chi connectivity index (χ0) is 14.8. The van der Waals surface area contributed by atoms with Crippen LogP contribution in [-0.4, -0.2) is 17.1 Å². The molecular formula is C12H13F4NO2. The average molecular weight is 279 g/mol. The Morgan fingerprint density at radius 1 is 1.32 bits per heavy atom. The Kier molecular flexibility index (Phi) is 4.39. The number of benzene rings is 1. The summed E-state index contributed by atoms with van der Waals surface area (Å²) < 4.78 is 50.9. The van der Waals surface area contributed by atoms with Gasteiger partial charge in [-0.15, -0.1) is 0 Å². The zero-order valence-electron chi connectivity index (χ0n) is 10.3. The highest BCUT2D eigenvalue weighted by Crippen LogP contribution is 2.32. The van der Waals surface area contributed by atoms with Gasteiger partial charge in [0.25, 0.3) is 0 Å². The normalized spacial score (nSPS) is 13.4. The summed E-state index contributed by atoms with van der Waals surface area (Å²) >= 11 is 0. The van der Waals surface area contributed by atoms with E-state index in [1.54, 1.807) is 13.8 Å². The molecule has 0 amide bonds. The maximum Gasteiger partial charge on any atom is 0.416 e. The van der Waals surface area contributed by atoms with Gasteiger partial charge in [-0.05, 0) is 24.1 Å². The zero-order valence-corrected chi connectivity index (χ0v) is 10.3. The summed E-state index contributed by atoms with van der Waals surface area (Å²) in [5.41, 5.74) is -1.51. The predicted octanol–water partition coefficient (Wildman–Crippen LogP) is 3.37. The molecule has 2 N–H and O–H groups in total. The third-order valence-corrected chi connectivity index (χ3v) is 2.54. The quantitative estimate of drug-likeness (QED) is 0.831. The van der Waals surface area contributed by atoms with Gasteiger partial charge in [0.15, 0.2) is 0 Å². The molecule has 0 spiro atoms. The lowest BCUT2D eigenvalue weighted by Gasteiger charge is -2.20. The van der Waals surface area contributed by atoms with Crippen molar-refractivity contribution in [2.24, 2.45) is 5.92 Å². The molecule has 0 aliphatic carbocycles. The van der Waals surface area contributed by atoms with E-state index in [2.05, 4.69) is 5.32 Å². The van der Waals surface area contributed by atoms with Crippen LogP contribution in [0, 0.1) is 11.7 Å². The highest BCUT2D eigenvalue weighted by Gasteiger charge is 2.32. The number of hydrogen-bond acceptors (Lipinski definition) is 2. The summed E-state index contributed by atoms with van der Waals surface area (Å²) in [7, 11) is 0. The Hall–Kier alpha value is -1.79.